The number of imide groups is 2. The minimum absolute atomic E-state index is 0.0362. The van der Waals surface area contributed by atoms with Crippen LogP contribution in [0.25, 0.3) is 10.8 Å². The minimum atomic E-state index is -1.42. The van der Waals surface area contributed by atoms with E-state index in [4.69, 9.17) is 11.6 Å². The Morgan fingerprint density at radius 3 is 2.20 bits per heavy atom. The lowest BCUT2D eigenvalue weighted by Crippen LogP contribution is -2.48. The molecule has 4 aliphatic rings. The number of ketones is 1. The van der Waals surface area contributed by atoms with Crippen LogP contribution in [0.5, 0.6) is 5.75 Å². The van der Waals surface area contributed by atoms with Crippen LogP contribution in [0.4, 0.5) is 15.8 Å². The number of aromatic hydroxyl groups is 1. The molecule has 9 rings (SSSR count). The van der Waals surface area contributed by atoms with Gasteiger partial charge in [0.05, 0.1) is 39.6 Å². The van der Waals surface area contributed by atoms with E-state index in [1.165, 1.54) is 17.0 Å². The third-order valence-corrected chi connectivity index (χ3v) is 12.4. The van der Waals surface area contributed by atoms with Crippen LogP contribution in [0.15, 0.2) is 121 Å². The topological polar surface area (TPSA) is 112 Å². The molecule has 1 saturated carbocycles. The molecule has 0 radical (unpaired) electrons. The van der Waals surface area contributed by atoms with Crippen LogP contribution in [0.1, 0.15) is 47.2 Å². The molecule has 2 heterocycles. The molecular formula is C44H32ClFN2O6. The average molecular weight is 739 g/mol. The number of allylic oxidation sites excluding steroid dienone is 2. The molecule has 4 amide bonds. The standard InChI is InChI=1S/C44H32ClFN2O6/c1-44-33(41(52)48(43(44)54)27-16-20-35(46)34(45)21-27)22-32-29(37(44)31-17-13-23-7-5-6-10-28(23)39(31)50)18-19-30-36(32)42(53)47(40(30)51)26-14-11-25(12-15-26)38(49)24-8-3-2-4-9-24/h2-18,20-21,30,32-33,36-37,50H,19,22H2,1H3/t30-,32+,33-,36-,37+,44+/m0/s1. The van der Waals surface area contributed by atoms with Crippen LogP contribution in [0.2, 0.25) is 5.02 Å². The fourth-order valence-corrected chi connectivity index (χ4v) is 9.68. The van der Waals surface area contributed by atoms with Gasteiger partial charge in [-0.15, -0.1) is 0 Å². The number of halogens is 2. The third-order valence-electron chi connectivity index (χ3n) is 12.1. The van der Waals surface area contributed by atoms with E-state index in [1.807, 2.05) is 30.3 Å². The highest BCUT2D eigenvalue weighted by Crippen LogP contribution is 2.65. The van der Waals surface area contributed by atoms with Crippen LogP contribution >= 0.6 is 11.6 Å². The van der Waals surface area contributed by atoms with Gasteiger partial charge in [0, 0.05) is 28.0 Å². The van der Waals surface area contributed by atoms with Crippen molar-refractivity contribution in [2.75, 3.05) is 9.80 Å². The van der Waals surface area contributed by atoms with Gasteiger partial charge in [-0.3, -0.25) is 28.9 Å². The van der Waals surface area contributed by atoms with Crippen molar-refractivity contribution in [3.63, 3.8) is 0 Å². The van der Waals surface area contributed by atoms with E-state index in [-0.39, 0.29) is 41.0 Å². The fraction of sp³-hybridized carbons (Fsp3) is 0.205. The van der Waals surface area contributed by atoms with Crippen LogP contribution < -0.4 is 9.80 Å². The maximum absolute atomic E-state index is 14.8. The zero-order chi connectivity index (χ0) is 37.6. The minimum Gasteiger partial charge on any atom is -0.507 e. The first-order valence-electron chi connectivity index (χ1n) is 17.8. The summed E-state index contributed by atoms with van der Waals surface area (Å²) in [6.45, 7) is 1.72. The molecule has 3 fully saturated rings. The summed E-state index contributed by atoms with van der Waals surface area (Å²) < 4.78 is 14.2. The number of phenolic OH excluding ortho intramolecular Hbond substituents is 1. The summed E-state index contributed by atoms with van der Waals surface area (Å²) in [6, 6.07) is 29.8. The highest BCUT2D eigenvalue weighted by Gasteiger charge is 2.68. The lowest BCUT2D eigenvalue weighted by Gasteiger charge is -2.49. The van der Waals surface area contributed by atoms with Crippen LogP contribution in [-0.2, 0) is 19.2 Å². The van der Waals surface area contributed by atoms with E-state index in [2.05, 4.69) is 0 Å². The molecule has 1 N–H and O–H groups in total. The Kier molecular flexibility index (Phi) is 7.73. The van der Waals surface area contributed by atoms with E-state index >= 15 is 0 Å². The van der Waals surface area contributed by atoms with Gasteiger partial charge < -0.3 is 5.11 Å². The third kappa shape index (κ3) is 4.77. The van der Waals surface area contributed by atoms with Gasteiger partial charge in [0.1, 0.15) is 11.6 Å². The zero-order valence-electron chi connectivity index (χ0n) is 28.9. The number of amides is 4. The molecule has 268 valence electrons. The molecular weight excluding hydrogens is 707 g/mol. The second kappa shape index (κ2) is 12.3. The van der Waals surface area contributed by atoms with Gasteiger partial charge in [0.25, 0.3) is 0 Å². The first-order chi connectivity index (χ1) is 26.0. The van der Waals surface area contributed by atoms with Gasteiger partial charge in [-0.05, 0) is 73.5 Å². The first-order valence-corrected chi connectivity index (χ1v) is 18.2. The molecule has 2 aliphatic heterocycles. The van der Waals surface area contributed by atoms with E-state index in [9.17, 15) is 33.5 Å². The Morgan fingerprint density at radius 2 is 1.46 bits per heavy atom. The maximum atomic E-state index is 14.8. The number of fused-ring (bicyclic) bond motifs is 5. The van der Waals surface area contributed by atoms with Gasteiger partial charge in [0.15, 0.2) is 5.78 Å². The Labute approximate surface area is 314 Å². The molecule has 10 heteroatoms. The summed E-state index contributed by atoms with van der Waals surface area (Å²) >= 11 is 6.13. The zero-order valence-corrected chi connectivity index (χ0v) is 29.7. The average Bonchev–Trinajstić information content (AvgIpc) is 3.56. The Balaban J connectivity index is 1.13. The van der Waals surface area contributed by atoms with Crippen molar-refractivity contribution in [3.05, 3.63) is 148 Å². The summed E-state index contributed by atoms with van der Waals surface area (Å²) in [5.74, 6) is -6.75. The predicted octanol–water partition coefficient (Wildman–Crippen LogP) is 8.00. The van der Waals surface area contributed by atoms with E-state index in [1.54, 1.807) is 73.7 Å². The van der Waals surface area contributed by atoms with Crippen LogP contribution in [-0.4, -0.2) is 34.5 Å². The summed E-state index contributed by atoms with van der Waals surface area (Å²) in [4.78, 5) is 73.2. The molecule has 5 aromatic rings. The molecule has 2 aliphatic carbocycles. The fourth-order valence-electron chi connectivity index (χ4n) is 9.51. The molecule has 0 unspecified atom stereocenters. The Hall–Kier alpha value is -5.93. The van der Waals surface area contributed by atoms with Gasteiger partial charge in [0.2, 0.25) is 23.6 Å². The van der Waals surface area contributed by atoms with E-state index < -0.39 is 58.5 Å². The van der Waals surface area contributed by atoms with Gasteiger partial charge >= 0.3 is 0 Å². The van der Waals surface area contributed by atoms with E-state index in [0.717, 1.165) is 16.4 Å². The lowest BCUT2D eigenvalue weighted by atomic mass is 9.51. The monoisotopic (exact) mass is 738 g/mol. The normalized spacial score (nSPS) is 26.1. The number of carbonyl (C=O) groups excluding carboxylic acids is 5. The van der Waals surface area contributed by atoms with Crippen molar-refractivity contribution in [2.24, 2.45) is 29.1 Å². The number of rotatable bonds is 5. The van der Waals surface area contributed by atoms with Gasteiger partial charge in [-0.25, -0.2) is 9.29 Å². The van der Waals surface area contributed by atoms with Crippen LogP contribution in [0, 0.1) is 34.9 Å². The van der Waals surface area contributed by atoms with Gasteiger partial charge in [-0.1, -0.05) is 90.0 Å². The Bertz CT molecular complexity index is 2500. The highest BCUT2D eigenvalue weighted by molar-refractivity contribution is 6.32. The van der Waals surface area contributed by atoms with Crippen molar-refractivity contribution >= 4 is 63.2 Å². The molecule has 5 aromatic carbocycles. The van der Waals surface area contributed by atoms with E-state index in [0.29, 0.717) is 33.3 Å². The maximum Gasteiger partial charge on any atom is 0.241 e. The van der Waals surface area contributed by atoms with Crippen molar-refractivity contribution in [1.29, 1.82) is 0 Å². The van der Waals surface area contributed by atoms with Crippen LogP contribution in [0.3, 0.4) is 0 Å². The van der Waals surface area contributed by atoms with Crippen molar-refractivity contribution in [3.8, 4) is 5.75 Å². The van der Waals surface area contributed by atoms with Crippen molar-refractivity contribution < 1.29 is 33.5 Å². The first kappa shape index (κ1) is 33.9. The molecule has 54 heavy (non-hydrogen) atoms. The summed E-state index contributed by atoms with van der Waals surface area (Å²) in [6.07, 6.45) is 2.23. The number of phenols is 1. The number of hydrogen-bond donors (Lipinski definition) is 1. The molecule has 8 nitrogen and oxygen atoms in total. The highest BCUT2D eigenvalue weighted by atomic mass is 35.5. The lowest BCUT2D eigenvalue weighted by molar-refractivity contribution is -0.131. The number of anilines is 2. The smallest absolute Gasteiger partial charge is 0.241 e. The number of hydrogen-bond acceptors (Lipinski definition) is 6. The predicted molar refractivity (Wildman–Crippen MR) is 200 cm³/mol. The second-order valence-electron chi connectivity index (χ2n) is 14.7. The molecule has 6 atom stereocenters. The number of benzene rings is 5. The summed E-state index contributed by atoms with van der Waals surface area (Å²) in [7, 11) is 0. The Morgan fingerprint density at radius 1 is 0.778 bits per heavy atom. The summed E-state index contributed by atoms with van der Waals surface area (Å²) in [5, 5.41) is 13.0. The second-order valence-corrected chi connectivity index (χ2v) is 15.1. The molecule has 0 spiro atoms. The number of nitrogens with zero attached hydrogens (tertiary/aromatic N) is 2. The quantitative estimate of drug-likeness (QED) is 0.111. The molecule has 0 bridgehead atoms. The molecule has 0 aromatic heterocycles. The van der Waals surface area contributed by atoms with Crippen molar-refractivity contribution in [1.82, 2.24) is 0 Å². The van der Waals surface area contributed by atoms with Gasteiger partial charge in [-0.2, -0.15) is 0 Å². The molecule has 2 saturated heterocycles. The van der Waals surface area contributed by atoms with Crippen molar-refractivity contribution in [2.45, 2.75) is 25.7 Å². The SMILES string of the molecule is C[C@@]12C(=O)N(c3ccc(F)c(Cl)c3)C(=O)[C@@H]1C[C@@H]1C(=CC[C@@H]3C(=O)N(c4ccc(C(=O)c5ccccc5)cc4)C(=O)[C@@H]31)[C@@H]2c1ccc2ccccc2c1O. The number of carbonyl (C=O) groups is 5. The summed E-state index contributed by atoms with van der Waals surface area (Å²) in [5.41, 5.74) is 1.11. The largest absolute Gasteiger partial charge is 0.507 e.